The Kier molecular flexibility index (Phi) is 6.31. The van der Waals surface area contributed by atoms with Gasteiger partial charge in [-0.1, -0.05) is 54.2 Å². The molecule has 0 unspecified atom stereocenters. The van der Waals surface area contributed by atoms with Crippen LogP contribution in [-0.2, 0) is 19.7 Å². The number of esters is 1. The van der Waals surface area contributed by atoms with E-state index in [4.69, 9.17) is 27.9 Å². The number of rotatable bonds is 5. The Bertz CT molecular complexity index is 864. The fraction of sp³-hybridized carbons (Fsp3) is 0.364. The van der Waals surface area contributed by atoms with Gasteiger partial charge in [0.1, 0.15) is 0 Å². The van der Waals surface area contributed by atoms with E-state index in [0.29, 0.717) is 28.6 Å². The minimum Gasteiger partial charge on any atom is -0.455 e. The van der Waals surface area contributed by atoms with E-state index in [-0.39, 0.29) is 12.6 Å². The van der Waals surface area contributed by atoms with Crippen molar-refractivity contribution in [3.63, 3.8) is 0 Å². The second-order valence-corrected chi connectivity index (χ2v) is 8.20. The van der Waals surface area contributed by atoms with Gasteiger partial charge in [0, 0.05) is 5.02 Å². The highest BCUT2D eigenvalue weighted by Gasteiger charge is 2.44. The Morgan fingerprint density at radius 2 is 1.71 bits per heavy atom. The normalized spacial score (nSPS) is 15.3. The van der Waals surface area contributed by atoms with Gasteiger partial charge in [0.25, 0.3) is 5.91 Å². The van der Waals surface area contributed by atoms with E-state index in [0.717, 1.165) is 29.5 Å². The topological polar surface area (TPSA) is 55.4 Å². The second kappa shape index (κ2) is 8.54. The number of carbonyl (C=O) groups excluding carboxylic acids is 2. The van der Waals surface area contributed by atoms with Gasteiger partial charge in [-0.15, -0.1) is 0 Å². The molecule has 0 radical (unpaired) electrons. The number of aryl methyl sites for hydroxylation is 2. The number of halogens is 2. The van der Waals surface area contributed by atoms with Gasteiger partial charge >= 0.3 is 5.97 Å². The third-order valence-corrected chi connectivity index (χ3v) is 5.83. The molecule has 1 N–H and O–H groups in total. The molecule has 1 fully saturated rings. The maximum atomic E-state index is 12.9. The molecule has 28 heavy (non-hydrogen) atoms. The smallest absolute Gasteiger partial charge is 0.317 e. The summed E-state index contributed by atoms with van der Waals surface area (Å²) in [7, 11) is 0. The summed E-state index contributed by atoms with van der Waals surface area (Å²) >= 11 is 12.2. The monoisotopic (exact) mass is 419 g/mol. The van der Waals surface area contributed by atoms with Crippen molar-refractivity contribution in [1.82, 2.24) is 0 Å². The zero-order valence-electron chi connectivity index (χ0n) is 16.0. The Morgan fingerprint density at radius 3 is 2.32 bits per heavy atom. The van der Waals surface area contributed by atoms with Gasteiger partial charge < -0.3 is 10.1 Å². The molecule has 1 saturated carbocycles. The summed E-state index contributed by atoms with van der Waals surface area (Å²) in [5.41, 5.74) is 2.59. The van der Waals surface area contributed by atoms with Crippen LogP contribution in [0.5, 0.6) is 0 Å². The van der Waals surface area contributed by atoms with Crippen LogP contribution in [0.25, 0.3) is 0 Å². The fourth-order valence-electron chi connectivity index (χ4n) is 3.88. The predicted octanol–water partition coefficient (Wildman–Crippen LogP) is 5.60. The van der Waals surface area contributed by atoms with E-state index < -0.39 is 11.3 Å². The molecule has 0 aromatic heterocycles. The summed E-state index contributed by atoms with van der Waals surface area (Å²) in [5.74, 6) is -0.777. The lowest BCUT2D eigenvalue weighted by Crippen LogP contribution is -2.36. The summed E-state index contributed by atoms with van der Waals surface area (Å²) in [5, 5.41) is 3.83. The van der Waals surface area contributed by atoms with Crippen molar-refractivity contribution in [2.24, 2.45) is 0 Å². The minimum atomic E-state index is -0.706. The summed E-state index contributed by atoms with van der Waals surface area (Å²) in [4.78, 5) is 25.3. The van der Waals surface area contributed by atoms with E-state index in [1.165, 1.54) is 0 Å². The first-order valence-electron chi connectivity index (χ1n) is 9.32. The van der Waals surface area contributed by atoms with Crippen molar-refractivity contribution in [3.05, 3.63) is 63.1 Å². The van der Waals surface area contributed by atoms with Crippen LogP contribution in [-0.4, -0.2) is 18.5 Å². The first-order valence-corrected chi connectivity index (χ1v) is 10.1. The van der Waals surface area contributed by atoms with Crippen molar-refractivity contribution >= 4 is 40.8 Å². The first-order chi connectivity index (χ1) is 13.3. The van der Waals surface area contributed by atoms with Crippen molar-refractivity contribution < 1.29 is 14.3 Å². The molecular weight excluding hydrogens is 397 g/mol. The van der Waals surface area contributed by atoms with Crippen LogP contribution in [0.15, 0.2) is 36.4 Å². The number of hydrogen-bond acceptors (Lipinski definition) is 3. The van der Waals surface area contributed by atoms with Crippen molar-refractivity contribution in [3.8, 4) is 0 Å². The average molecular weight is 420 g/mol. The van der Waals surface area contributed by atoms with Crippen LogP contribution >= 0.6 is 23.2 Å². The molecule has 1 aliphatic rings. The van der Waals surface area contributed by atoms with Gasteiger partial charge in [-0.05, 0) is 61.6 Å². The first kappa shape index (κ1) is 20.7. The molecule has 0 spiro atoms. The molecule has 0 heterocycles. The SMILES string of the molecule is Cc1cc(C)c(NC(=O)COC(=O)C2(c3ccc(Cl)cc3)CCCC2)c(Cl)c1. The van der Waals surface area contributed by atoms with Crippen LogP contribution in [0.3, 0.4) is 0 Å². The lowest BCUT2D eigenvalue weighted by molar-refractivity contribution is -0.153. The molecule has 0 aliphatic heterocycles. The molecule has 2 aromatic carbocycles. The molecular formula is C22H23Cl2NO3. The lowest BCUT2D eigenvalue weighted by Gasteiger charge is -2.27. The summed E-state index contributed by atoms with van der Waals surface area (Å²) in [6, 6.07) is 11.0. The molecule has 4 nitrogen and oxygen atoms in total. The third-order valence-electron chi connectivity index (χ3n) is 5.28. The molecule has 1 amide bonds. The maximum Gasteiger partial charge on any atom is 0.317 e. The van der Waals surface area contributed by atoms with Gasteiger partial charge in [0.2, 0.25) is 0 Å². The van der Waals surface area contributed by atoms with E-state index >= 15 is 0 Å². The second-order valence-electron chi connectivity index (χ2n) is 7.36. The van der Waals surface area contributed by atoms with Gasteiger partial charge in [-0.3, -0.25) is 9.59 Å². The number of anilines is 1. The summed E-state index contributed by atoms with van der Waals surface area (Å²) in [6.07, 6.45) is 3.31. The zero-order chi connectivity index (χ0) is 20.3. The molecule has 0 bridgehead atoms. The predicted molar refractivity (Wildman–Crippen MR) is 112 cm³/mol. The van der Waals surface area contributed by atoms with E-state index in [1.54, 1.807) is 18.2 Å². The molecule has 0 saturated heterocycles. The number of benzene rings is 2. The van der Waals surface area contributed by atoms with Gasteiger partial charge in [-0.25, -0.2) is 0 Å². The summed E-state index contributed by atoms with van der Waals surface area (Å²) < 4.78 is 5.42. The summed E-state index contributed by atoms with van der Waals surface area (Å²) in [6.45, 7) is 3.45. The molecule has 2 aromatic rings. The number of hydrogen-bond donors (Lipinski definition) is 1. The van der Waals surface area contributed by atoms with Gasteiger partial charge in [0.05, 0.1) is 16.1 Å². The molecule has 1 aliphatic carbocycles. The van der Waals surface area contributed by atoms with Crippen molar-refractivity contribution in [2.45, 2.75) is 44.9 Å². The highest BCUT2D eigenvalue weighted by atomic mass is 35.5. The maximum absolute atomic E-state index is 12.9. The lowest BCUT2D eigenvalue weighted by atomic mass is 9.79. The average Bonchev–Trinajstić information content (AvgIpc) is 3.14. The molecule has 6 heteroatoms. The minimum absolute atomic E-state index is 0.349. The van der Waals surface area contributed by atoms with Crippen LogP contribution in [0.4, 0.5) is 5.69 Å². The number of carbonyl (C=O) groups is 2. The Labute approximate surface area is 175 Å². The molecule has 148 valence electrons. The zero-order valence-corrected chi connectivity index (χ0v) is 17.5. The van der Waals surface area contributed by atoms with Gasteiger partial charge in [-0.2, -0.15) is 0 Å². The number of nitrogens with one attached hydrogen (secondary N) is 1. The third kappa shape index (κ3) is 4.34. The Morgan fingerprint density at radius 1 is 1.07 bits per heavy atom. The largest absolute Gasteiger partial charge is 0.455 e. The van der Waals surface area contributed by atoms with Crippen LogP contribution in [0, 0.1) is 13.8 Å². The number of ether oxygens (including phenoxy) is 1. The standard InChI is InChI=1S/C22H23Cl2NO3/c1-14-11-15(2)20(18(24)12-14)25-19(26)13-28-21(27)22(9-3-4-10-22)16-5-7-17(23)8-6-16/h5-8,11-12H,3-4,9-10,13H2,1-2H3,(H,25,26). The highest BCUT2D eigenvalue weighted by Crippen LogP contribution is 2.42. The Balaban J connectivity index is 1.68. The van der Waals surface area contributed by atoms with Crippen LogP contribution in [0.2, 0.25) is 10.0 Å². The van der Waals surface area contributed by atoms with E-state index in [1.807, 2.05) is 32.0 Å². The highest BCUT2D eigenvalue weighted by molar-refractivity contribution is 6.34. The number of amides is 1. The van der Waals surface area contributed by atoms with Crippen LogP contribution in [0.1, 0.15) is 42.4 Å². The Hall–Kier alpha value is -2.04. The van der Waals surface area contributed by atoms with Crippen molar-refractivity contribution in [2.75, 3.05) is 11.9 Å². The van der Waals surface area contributed by atoms with Crippen LogP contribution < -0.4 is 5.32 Å². The fourth-order valence-corrected chi connectivity index (χ4v) is 4.37. The van der Waals surface area contributed by atoms with Crippen molar-refractivity contribution in [1.29, 1.82) is 0 Å². The molecule has 3 rings (SSSR count). The quantitative estimate of drug-likeness (QED) is 0.641. The van der Waals surface area contributed by atoms with Gasteiger partial charge in [0.15, 0.2) is 6.61 Å². The van der Waals surface area contributed by atoms with E-state index in [9.17, 15) is 9.59 Å². The molecule has 0 atom stereocenters. The van der Waals surface area contributed by atoms with E-state index in [2.05, 4.69) is 5.32 Å².